The lowest BCUT2D eigenvalue weighted by atomic mass is 9.89. The molecule has 0 spiro atoms. The molecule has 0 radical (unpaired) electrons. The molecular weight excluding hydrogens is 308 g/mol. The van der Waals surface area contributed by atoms with Crippen molar-refractivity contribution in [3.8, 4) is 0 Å². The van der Waals surface area contributed by atoms with E-state index in [4.69, 9.17) is 0 Å². The van der Waals surface area contributed by atoms with Crippen LogP contribution in [0.25, 0.3) is 10.9 Å². The number of aliphatic hydroxyl groups is 1. The average Bonchev–Trinajstić information content (AvgIpc) is 2.97. The summed E-state index contributed by atoms with van der Waals surface area (Å²) in [7, 11) is 1.54. The summed E-state index contributed by atoms with van der Waals surface area (Å²) in [5.41, 5.74) is 0.454. The number of nitrogens with one attached hydrogen (secondary N) is 2. The number of para-hydroxylation sites is 1. The Morgan fingerprint density at radius 2 is 2.21 bits per heavy atom. The van der Waals surface area contributed by atoms with E-state index in [1.54, 1.807) is 11.9 Å². The molecule has 1 aromatic carbocycles. The predicted molar refractivity (Wildman–Crippen MR) is 89.2 cm³/mol. The van der Waals surface area contributed by atoms with Gasteiger partial charge in [-0.05, 0) is 18.9 Å². The third-order valence-electron chi connectivity index (χ3n) is 4.54. The minimum atomic E-state index is -1.15. The van der Waals surface area contributed by atoms with Crippen molar-refractivity contribution in [3.63, 3.8) is 0 Å². The van der Waals surface area contributed by atoms with Crippen LogP contribution in [0, 0.1) is 0 Å². The zero-order valence-corrected chi connectivity index (χ0v) is 13.7. The van der Waals surface area contributed by atoms with Crippen LogP contribution < -0.4 is 5.32 Å². The number of rotatable bonds is 4. The van der Waals surface area contributed by atoms with Crippen molar-refractivity contribution in [1.29, 1.82) is 0 Å². The average molecular weight is 330 g/mol. The minimum Gasteiger partial charge on any atom is -0.388 e. The van der Waals surface area contributed by atoms with Crippen LogP contribution in [0.2, 0.25) is 0 Å². The third kappa shape index (κ3) is 3.41. The predicted octanol–water partition coefficient (Wildman–Crippen LogP) is 0.595. The molecule has 0 aliphatic carbocycles. The van der Waals surface area contributed by atoms with Gasteiger partial charge in [0.05, 0.1) is 29.7 Å². The number of fused-ring (bicyclic) bond motifs is 1. The van der Waals surface area contributed by atoms with Crippen molar-refractivity contribution in [1.82, 2.24) is 20.4 Å². The van der Waals surface area contributed by atoms with E-state index >= 15 is 0 Å². The van der Waals surface area contributed by atoms with E-state index in [9.17, 15) is 14.7 Å². The number of H-pyrrole nitrogens is 1. The molecule has 3 rings (SSSR count). The lowest BCUT2D eigenvalue weighted by molar-refractivity contribution is -0.141. The highest BCUT2D eigenvalue weighted by Crippen LogP contribution is 2.25. The molecule has 2 aromatic rings. The van der Waals surface area contributed by atoms with E-state index in [-0.39, 0.29) is 31.2 Å². The van der Waals surface area contributed by atoms with Gasteiger partial charge in [0.25, 0.3) is 0 Å². The Morgan fingerprint density at radius 1 is 1.42 bits per heavy atom. The molecule has 0 saturated carbocycles. The van der Waals surface area contributed by atoms with Crippen molar-refractivity contribution in [2.45, 2.75) is 31.3 Å². The summed E-state index contributed by atoms with van der Waals surface area (Å²) in [5.74, 6) is -0.286. The molecule has 2 amide bonds. The molecule has 1 unspecified atom stereocenters. The minimum absolute atomic E-state index is 0.0142. The van der Waals surface area contributed by atoms with Gasteiger partial charge in [0.15, 0.2) is 0 Å². The Hall–Kier alpha value is -2.41. The molecular formula is C17H22N4O3. The van der Waals surface area contributed by atoms with Crippen LogP contribution in [0.1, 0.15) is 25.0 Å². The van der Waals surface area contributed by atoms with E-state index in [2.05, 4.69) is 15.5 Å². The number of aromatic amines is 1. The first kappa shape index (κ1) is 16.4. The molecule has 7 nitrogen and oxygen atoms in total. The Kier molecular flexibility index (Phi) is 4.53. The number of hydrogen-bond acceptors (Lipinski definition) is 4. The summed E-state index contributed by atoms with van der Waals surface area (Å²) >= 11 is 0. The smallest absolute Gasteiger partial charge is 0.228 e. The Morgan fingerprint density at radius 3 is 3.00 bits per heavy atom. The molecule has 0 bridgehead atoms. The molecule has 1 fully saturated rings. The van der Waals surface area contributed by atoms with Crippen LogP contribution in [0.3, 0.4) is 0 Å². The van der Waals surface area contributed by atoms with Crippen LogP contribution in [0.5, 0.6) is 0 Å². The van der Waals surface area contributed by atoms with Gasteiger partial charge in [-0.15, -0.1) is 0 Å². The van der Waals surface area contributed by atoms with Crippen LogP contribution in [-0.4, -0.2) is 57.8 Å². The maximum atomic E-state index is 12.6. The molecule has 1 aliphatic heterocycles. The highest BCUT2D eigenvalue weighted by molar-refractivity contribution is 5.87. The van der Waals surface area contributed by atoms with Gasteiger partial charge in [-0.1, -0.05) is 18.2 Å². The van der Waals surface area contributed by atoms with Crippen LogP contribution in [-0.2, 0) is 16.0 Å². The first-order valence-corrected chi connectivity index (χ1v) is 8.13. The van der Waals surface area contributed by atoms with E-state index in [1.165, 1.54) is 0 Å². The number of piperidine rings is 1. The first-order valence-electron chi connectivity index (χ1n) is 8.13. The fourth-order valence-electron chi connectivity index (χ4n) is 3.27. The molecule has 1 aromatic heterocycles. The van der Waals surface area contributed by atoms with Crippen molar-refractivity contribution >= 4 is 22.7 Å². The molecule has 3 N–H and O–H groups in total. The SMILES string of the molecule is CNC(=O)CC1(O)CCCN(C(=O)Cc2[nH]nc3ccccc23)C1. The van der Waals surface area contributed by atoms with Crippen LogP contribution in [0.15, 0.2) is 24.3 Å². The standard InChI is InChI=1S/C17H22N4O3/c1-18-15(22)10-17(24)7-4-8-21(11-17)16(23)9-14-12-5-2-3-6-13(12)19-20-14/h2-3,5-6,24H,4,7-11H2,1H3,(H,18,22)(H,19,20). The number of nitrogens with zero attached hydrogens (tertiary/aromatic N) is 2. The maximum absolute atomic E-state index is 12.6. The number of likely N-dealkylation sites (tertiary alicyclic amines) is 1. The van der Waals surface area contributed by atoms with Crippen molar-refractivity contribution in [2.75, 3.05) is 20.1 Å². The summed E-state index contributed by atoms with van der Waals surface area (Å²) < 4.78 is 0. The molecule has 24 heavy (non-hydrogen) atoms. The van der Waals surface area contributed by atoms with Crippen molar-refractivity contribution < 1.29 is 14.7 Å². The fourth-order valence-corrected chi connectivity index (χ4v) is 3.27. The van der Waals surface area contributed by atoms with Gasteiger partial charge >= 0.3 is 0 Å². The van der Waals surface area contributed by atoms with Gasteiger partial charge in [-0.3, -0.25) is 14.7 Å². The lowest BCUT2D eigenvalue weighted by Crippen LogP contribution is -2.52. The molecule has 1 atom stereocenters. The number of carbonyl (C=O) groups is 2. The first-order chi connectivity index (χ1) is 11.5. The van der Waals surface area contributed by atoms with Gasteiger partial charge in [0.1, 0.15) is 0 Å². The van der Waals surface area contributed by atoms with Crippen LogP contribution in [0.4, 0.5) is 0 Å². The highest BCUT2D eigenvalue weighted by atomic mass is 16.3. The topological polar surface area (TPSA) is 98.3 Å². The normalized spacial score (nSPS) is 21.0. The molecule has 2 heterocycles. The van der Waals surface area contributed by atoms with Gasteiger partial charge < -0.3 is 15.3 Å². The zero-order valence-electron chi connectivity index (χ0n) is 13.7. The second-order valence-corrected chi connectivity index (χ2v) is 6.39. The van der Waals surface area contributed by atoms with Crippen molar-refractivity contribution in [2.24, 2.45) is 0 Å². The molecule has 128 valence electrons. The molecule has 1 saturated heterocycles. The fraction of sp³-hybridized carbons (Fsp3) is 0.471. The van der Waals surface area contributed by atoms with Gasteiger partial charge in [0.2, 0.25) is 11.8 Å². The monoisotopic (exact) mass is 330 g/mol. The number of benzene rings is 1. The Bertz CT molecular complexity index is 757. The van der Waals surface area contributed by atoms with E-state index in [0.717, 1.165) is 16.6 Å². The van der Waals surface area contributed by atoms with Gasteiger partial charge in [0, 0.05) is 25.5 Å². The largest absolute Gasteiger partial charge is 0.388 e. The van der Waals surface area contributed by atoms with Crippen molar-refractivity contribution in [3.05, 3.63) is 30.0 Å². The van der Waals surface area contributed by atoms with E-state index in [1.807, 2.05) is 24.3 Å². The maximum Gasteiger partial charge on any atom is 0.228 e. The summed E-state index contributed by atoms with van der Waals surface area (Å²) in [6.07, 6.45) is 1.43. The summed E-state index contributed by atoms with van der Waals surface area (Å²) in [4.78, 5) is 25.8. The summed E-state index contributed by atoms with van der Waals surface area (Å²) in [5, 5.41) is 21.2. The van der Waals surface area contributed by atoms with Gasteiger partial charge in [-0.25, -0.2) is 0 Å². The molecule has 7 heteroatoms. The summed E-state index contributed by atoms with van der Waals surface area (Å²) in [6, 6.07) is 7.63. The Labute approximate surface area is 140 Å². The lowest BCUT2D eigenvalue weighted by Gasteiger charge is -2.38. The quantitative estimate of drug-likeness (QED) is 0.764. The number of carbonyl (C=O) groups excluding carboxylic acids is 2. The van der Waals surface area contributed by atoms with Gasteiger partial charge in [-0.2, -0.15) is 5.10 Å². The number of β-amino-alcohol motifs (C(OH)–C–C–N with tert-alkyl or cyclic N) is 1. The van der Waals surface area contributed by atoms with Crippen LogP contribution >= 0.6 is 0 Å². The zero-order chi connectivity index (χ0) is 17.2. The highest BCUT2D eigenvalue weighted by Gasteiger charge is 2.36. The number of amides is 2. The van der Waals surface area contributed by atoms with E-state index < -0.39 is 5.60 Å². The second-order valence-electron chi connectivity index (χ2n) is 6.39. The Balaban J connectivity index is 1.69. The number of hydrogen-bond donors (Lipinski definition) is 3. The summed E-state index contributed by atoms with van der Waals surface area (Å²) in [6.45, 7) is 0.784. The molecule has 1 aliphatic rings. The number of aromatic nitrogens is 2. The second kappa shape index (κ2) is 6.60. The third-order valence-corrected chi connectivity index (χ3v) is 4.54. The van der Waals surface area contributed by atoms with E-state index in [0.29, 0.717) is 19.4 Å².